The average molecular weight is 266 g/mol. The molecule has 4 nitrogen and oxygen atoms in total. The predicted octanol–water partition coefficient (Wildman–Crippen LogP) is 3.55. The Bertz CT molecular complexity index is 410. The summed E-state index contributed by atoms with van der Waals surface area (Å²) < 4.78 is 0. The molecule has 106 valence electrons. The average Bonchev–Trinajstić information content (AvgIpc) is 2.25. The van der Waals surface area contributed by atoms with Gasteiger partial charge in [-0.2, -0.15) is 0 Å². The van der Waals surface area contributed by atoms with Gasteiger partial charge in [-0.05, 0) is 46.5 Å². The van der Waals surface area contributed by atoms with Crippen molar-refractivity contribution in [2.75, 3.05) is 0 Å². The van der Waals surface area contributed by atoms with Gasteiger partial charge in [-0.3, -0.25) is 0 Å². The van der Waals surface area contributed by atoms with Gasteiger partial charge < -0.3 is 10.2 Å². The van der Waals surface area contributed by atoms with E-state index in [1.807, 2.05) is 19.9 Å². The highest BCUT2D eigenvalue weighted by atomic mass is 16.4. The third kappa shape index (κ3) is 9.83. The summed E-state index contributed by atoms with van der Waals surface area (Å²) in [4.78, 5) is 21.5. The third-order valence-electron chi connectivity index (χ3n) is 2.54. The van der Waals surface area contributed by atoms with Crippen molar-refractivity contribution in [3.05, 3.63) is 34.9 Å². The van der Waals surface area contributed by atoms with E-state index in [0.29, 0.717) is 31.3 Å². The molecule has 0 unspecified atom stereocenters. The summed E-state index contributed by atoms with van der Waals surface area (Å²) in [6.45, 7) is 5.68. The second kappa shape index (κ2) is 9.14. The van der Waals surface area contributed by atoms with Crippen LogP contribution in [-0.4, -0.2) is 22.2 Å². The lowest BCUT2D eigenvalue weighted by atomic mass is 10.1. The van der Waals surface area contributed by atoms with Crippen LogP contribution < -0.4 is 0 Å². The van der Waals surface area contributed by atoms with E-state index in [1.54, 1.807) is 13.0 Å². The summed E-state index contributed by atoms with van der Waals surface area (Å²) in [5.41, 5.74) is 2.29. The Morgan fingerprint density at radius 3 is 2.00 bits per heavy atom. The highest BCUT2D eigenvalue weighted by Crippen LogP contribution is 2.12. The minimum atomic E-state index is -0.969. The standard InChI is InChI=1S/C15H22O4/c1-11(2)6-4-8-13(15(18)19)9-5-7-12(3)10-14(16)17/h6,9-10H,4-5,7-8H2,1-3H3,(H,16,17)(H,18,19)/b12-10+,13-9-. The summed E-state index contributed by atoms with van der Waals surface area (Å²) in [5, 5.41) is 17.6. The first-order valence-electron chi connectivity index (χ1n) is 6.28. The van der Waals surface area contributed by atoms with Gasteiger partial charge in [0.2, 0.25) is 0 Å². The van der Waals surface area contributed by atoms with Crippen molar-refractivity contribution in [3.8, 4) is 0 Å². The van der Waals surface area contributed by atoms with E-state index in [1.165, 1.54) is 5.57 Å². The monoisotopic (exact) mass is 266 g/mol. The lowest BCUT2D eigenvalue weighted by molar-refractivity contribution is -0.133. The van der Waals surface area contributed by atoms with E-state index >= 15 is 0 Å². The number of carboxylic acids is 2. The third-order valence-corrected chi connectivity index (χ3v) is 2.54. The highest BCUT2D eigenvalue weighted by molar-refractivity contribution is 5.86. The quantitative estimate of drug-likeness (QED) is 0.520. The lowest BCUT2D eigenvalue weighted by Gasteiger charge is -2.01. The van der Waals surface area contributed by atoms with Crippen molar-refractivity contribution in [2.45, 2.75) is 46.5 Å². The molecule has 0 rings (SSSR count). The first-order chi connectivity index (χ1) is 8.82. The molecule has 0 amide bonds. The van der Waals surface area contributed by atoms with Gasteiger partial charge in [-0.1, -0.05) is 23.3 Å². The zero-order valence-corrected chi connectivity index (χ0v) is 11.8. The molecule has 19 heavy (non-hydrogen) atoms. The Kier molecular flexibility index (Phi) is 8.25. The van der Waals surface area contributed by atoms with Gasteiger partial charge in [-0.25, -0.2) is 9.59 Å². The smallest absolute Gasteiger partial charge is 0.331 e. The number of hydrogen-bond donors (Lipinski definition) is 2. The molecule has 0 aliphatic heterocycles. The fraction of sp³-hybridized carbons (Fsp3) is 0.467. The van der Waals surface area contributed by atoms with Gasteiger partial charge in [0.15, 0.2) is 0 Å². The Hall–Kier alpha value is -1.84. The van der Waals surface area contributed by atoms with E-state index in [4.69, 9.17) is 10.2 Å². The van der Waals surface area contributed by atoms with Crippen LogP contribution in [0.5, 0.6) is 0 Å². The molecule has 0 saturated carbocycles. The van der Waals surface area contributed by atoms with E-state index in [0.717, 1.165) is 11.6 Å². The highest BCUT2D eigenvalue weighted by Gasteiger charge is 2.05. The SMILES string of the molecule is CC(C)=CCC/C(=C/CC/C(C)=C/C(=O)O)C(=O)O. The molecule has 0 aromatic heterocycles. The summed E-state index contributed by atoms with van der Waals surface area (Å²) in [5.74, 6) is -1.87. The van der Waals surface area contributed by atoms with Crippen LogP contribution >= 0.6 is 0 Å². The Morgan fingerprint density at radius 1 is 0.947 bits per heavy atom. The first kappa shape index (κ1) is 17.2. The second-order valence-corrected chi connectivity index (χ2v) is 4.72. The van der Waals surface area contributed by atoms with Crippen molar-refractivity contribution in [1.82, 2.24) is 0 Å². The number of hydrogen-bond acceptors (Lipinski definition) is 2. The molecule has 2 N–H and O–H groups in total. The molecule has 0 aromatic carbocycles. The summed E-state index contributed by atoms with van der Waals surface area (Å²) >= 11 is 0. The molecule has 0 bridgehead atoms. The van der Waals surface area contributed by atoms with Crippen molar-refractivity contribution >= 4 is 11.9 Å². The van der Waals surface area contributed by atoms with E-state index in [-0.39, 0.29) is 0 Å². The maximum Gasteiger partial charge on any atom is 0.331 e. The summed E-state index contributed by atoms with van der Waals surface area (Å²) in [6, 6.07) is 0. The van der Waals surface area contributed by atoms with Crippen LogP contribution in [0, 0.1) is 0 Å². The molecular weight excluding hydrogens is 244 g/mol. The van der Waals surface area contributed by atoms with Crippen LogP contribution in [0.3, 0.4) is 0 Å². The van der Waals surface area contributed by atoms with Crippen LogP contribution in [0.25, 0.3) is 0 Å². The molecule has 0 aliphatic rings. The van der Waals surface area contributed by atoms with Crippen LogP contribution in [0.4, 0.5) is 0 Å². The van der Waals surface area contributed by atoms with E-state index in [2.05, 4.69) is 0 Å². The number of allylic oxidation sites excluding steroid dienone is 4. The van der Waals surface area contributed by atoms with Gasteiger partial charge in [0.05, 0.1) is 0 Å². The predicted molar refractivity (Wildman–Crippen MR) is 75.0 cm³/mol. The number of aliphatic carboxylic acids is 2. The van der Waals surface area contributed by atoms with Gasteiger partial charge in [-0.15, -0.1) is 0 Å². The normalized spacial score (nSPS) is 12.2. The molecule has 0 aliphatic carbocycles. The first-order valence-corrected chi connectivity index (χ1v) is 6.28. The molecular formula is C15H22O4. The molecule has 0 radical (unpaired) electrons. The molecule has 0 spiro atoms. The Balaban J connectivity index is 4.40. The number of rotatable bonds is 8. The second-order valence-electron chi connectivity index (χ2n) is 4.72. The maximum absolute atomic E-state index is 11.0. The summed E-state index contributed by atoms with van der Waals surface area (Å²) in [6.07, 6.45) is 7.16. The molecule has 0 fully saturated rings. The number of carboxylic acid groups (broad SMARTS) is 2. The molecule has 4 heteroatoms. The minimum Gasteiger partial charge on any atom is -0.478 e. The van der Waals surface area contributed by atoms with Crippen molar-refractivity contribution in [1.29, 1.82) is 0 Å². The van der Waals surface area contributed by atoms with Crippen molar-refractivity contribution in [3.63, 3.8) is 0 Å². The summed E-state index contributed by atoms with van der Waals surface area (Å²) in [7, 11) is 0. The fourth-order valence-corrected chi connectivity index (χ4v) is 1.57. The van der Waals surface area contributed by atoms with E-state index in [9.17, 15) is 9.59 Å². The van der Waals surface area contributed by atoms with Crippen molar-refractivity contribution in [2.24, 2.45) is 0 Å². The maximum atomic E-state index is 11.0. The molecule has 0 heterocycles. The number of carbonyl (C=O) groups is 2. The lowest BCUT2D eigenvalue weighted by Crippen LogP contribution is -2.00. The largest absolute Gasteiger partial charge is 0.478 e. The molecule has 0 saturated heterocycles. The zero-order valence-electron chi connectivity index (χ0n) is 11.8. The Morgan fingerprint density at radius 2 is 1.53 bits per heavy atom. The Labute approximate surface area is 114 Å². The van der Waals surface area contributed by atoms with Crippen LogP contribution in [-0.2, 0) is 9.59 Å². The minimum absolute atomic E-state index is 0.389. The fourth-order valence-electron chi connectivity index (χ4n) is 1.57. The molecule has 0 atom stereocenters. The van der Waals surface area contributed by atoms with Gasteiger partial charge >= 0.3 is 11.9 Å². The van der Waals surface area contributed by atoms with Gasteiger partial charge in [0.1, 0.15) is 0 Å². The van der Waals surface area contributed by atoms with Gasteiger partial charge in [0.25, 0.3) is 0 Å². The van der Waals surface area contributed by atoms with Crippen molar-refractivity contribution < 1.29 is 19.8 Å². The van der Waals surface area contributed by atoms with Gasteiger partial charge in [0, 0.05) is 11.6 Å². The topological polar surface area (TPSA) is 74.6 Å². The van der Waals surface area contributed by atoms with Crippen LogP contribution in [0.15, 0.2) is 34.9 Å². The van der Waals surface area contributed by atoms with Crippen LogP contribution in [0.2, 0.25) is 0 Å². The molecule has 0 aromatic rings. The van der Waals surface area contributed by atoms with E-state index < -0.39 is 11.9 Å². The van der Waals surface area contributed by atoms with Crippen LogP contribution in [0.1, 0.15) is 46.5 Å². The zero-order chi connectivity index (χ0) is 14.8.